The molecule has 0 amide bonds. The minimum atomic E-state index is -0.306. The predicted octanol–water partition coefficient (Wildman–Crippen LogP) is 6.51. The van der Waals surface area contributed by atoms with Gasteiger partial charge >= 0.3 is 35.8 Å². The number of esters is 6. The summed E-state index contributed by atoms with van der Waals surface area (Å²) in [6, 6.07) is 0. The van der Waals surface area contributed by atoms with Gasteiger partial charge in [-0.3, -0.25) is 28.8 Å². The summed E-state index contributed by atoms with van der Waals surface area (Å²) >= 11 is 0. The summed E-state index contributed by atoms with van der Waals surface area (Å²) in [6.07, 6.45) is 19.9. The first-order chi connectivity index (χ1) is 39.6. The van der Waals surface area contributed by atoms with Crippen LogP contribution in [-0.4, -0.2) is 247 Å². The fourth-order valence-electron chi connectivity index (χ4n) is 9.31. The number of ether oxygens (including phenoxy) is 6. The lowest BCUT2D eigenvalue weighted by Crippen LogP contribution is -2.44. The summed E-state index contributed by atoms with van der Waals surface area (Å²) < 4.78 is 32.5. The van der Waals surface area contributed by atoms with Crippen LogP contribution in [0.15, 0.2) is 0 Å². The SMILES string of the molecule is CN1CCN(CCCCCCC(=O)OCCSSCCOC(=O)CCN(CCCCO)CCC(=O)OCCCCCCOC(=O)CCN(CCCCO)CCC(=O)OCCCCCCOC(=O)CCNCCCN2CCCCC2)CC1. The third-order valence-electron chi connectivity index (χ3n) is 14.3. The van der Waals surface area contributed by atoms with Crippen molar-refractivity contribution >= 4 is 57.4 Å². The van der Waals surface area contributed by atoms with Gasteiger partial charge in [0, 0.05) is 90.0 Å². The minimum absolute atomic E-state index is 0.0772. The first-order valence-corrected chi connectivity index (χ1v) is 33.7. The Hall–Kier alpha value is -2.80. The Labute approximate surface area is 495 Å². The van der Waals surface area contributed by atoms with E-state index in [1.54, 1.807) is 21.6 Å². The summed E-state index contributed by atoms with van der Waals surface area (Å²) in [5, 5.41) is 21.9. The second-order valence-electron chi connectivity index (χ2n) is 21.4. The van der Waals surface area contributed by atoms with Gasteiger partial charge in [0.25, 0.3) is 0 Å². The Morgan fingerprint density at radius 1 is 0.383 bits per heavy atom. The summed E-state index contributed by atoms with van der Waals surface area (Å²) in [4.78, 5) is 85.7. The van der Waals surface area contributed by atoms with Gasteiger partial charge in [0.1, 0.15) is 13.2 Å². The third-order valence-corrected chi connectivity index (χ3v) is 16.7. The minimum Gasteiger partial charge on any atom is -0.466 e. The fourth-order valence-corrected chi connectivity index (χ4v) is 11.0. The van der Waals surface area contributed by atoms with Crippen molar-refractivity contribution in [2.45, 2.75) is 167 Å². The van der Waals surface area contributed by atoms with Crippen molar-refractivity contribution < 1.29 is 67.4 Å². The largest absolute Gasteiger partial charge is 0.466 e. The van der Waals surface area contributed by atoms with Gasteiger partial charge in [-0.25, -0.2) is 0 Å². The average molecular weight is 1190 g/mol. The standard InChI is InChI=1S/C59H110N6O14S2/c1-61-40-42-65(43-41-61)32-10-3-2-9-22-54(68)78-50-52-80-81-53-51-79-59(73)27-39-64(34-14-16-45-67)38-26-58(72)77-49-20-7-6-19-48-76-57(71)25-37-63(33-13-15-44-66)36-24-56(70)75-47-18-5-4-17-46-74-55(69)23-29-60-28-21-35-62-30-11-8-12-31-62/h60,66-67H,2-53H2,1H3. The molecule has 0 atom stereocenters. The molecule has 0 aromatic heterocycles. The summed E-state index contributed by atoms with van der Waals surface area (Å²) in [7, 11) is 5.33. The quantitative estimate of drug-likeness (QED) is 0.0255. The lowest BCUT2D eigenvalue weighted by molar-refractivity contribution is -0.146. The molecule has 2 aliphatic rings. The third kappa shape index (κ3) is 47.2. The van der Waals surface area contributed by atoms with E-state index < -0.39 is 0 Å². The number of aliphatic hydroxyl groups is 2. The van der Waals surface area contributed by atoms with Crippen molar-refractivity contribution in [3.8, 4) is 0 Å². The number of nitrogens with zero attached hydrogens (tertiary/aromatic N) is 5. The number of carbonyl (C=O) groups is 6. The van der Waals surface area contributed by atoms with Gasteiger partial charge in [0.2, 0.25) is 0 Å². The molecule has 2 fully saturated rings. The van der Waals surface area contributed by atoms with E-state index in [0.717, 1.165) is 123 Å². The van der Waals surface area contributed by atoms with Crippen LogP contribution in [-0.2, 0) is 57.2 Å². The van der Waals surface area contributed by atoms with Gasteiger partial charge in [-0.15, -0.1) is 0 Å². The van der Waals surface area contributed by atoms with Crippen molar-refractivity contribution in [2.24, 2.45) is 0 Å². The van der Waals surface area contributed by atoms with Gasteiger partial charge in [-0.05, 0) is 162 Å². The number of likely N-dealkylation sites (tertiary alicyclic amines) is 1. The molecule has 0 spiro atoms. The van der Waals surface area contributed by atoms with Crippen LogP contribution in [0.1, 0.15) is 167 Å². The van der Waals surface area contributed by atoms with E-state index in [-0.39, 0.29) is 81.3 Å². The highest BCUT2D eigenvalue weighted by Crippen LogP contribution is 2.21. The number of hydrogen-bond donors (Lipinski definition) is 3. The van der Waals surface area contributed by atoms with Crippen LogP contribution in [0.4, 0.5) is 0 Å². The van der Waals surface area contributed by atoms with Crippen molar-refractivity contribution in [1.29, 1.82) is 0 Å². The highest BCUT2D eigenvalue weighted by molar-refractivity contribution is 8.76. The van der Waals surface area contributed by atoms with Crippen LogP contribution in [0.2, 0.25) is 0 Å². The zero-order valence-corrected chi connectivity index (χ0v) is 51.7. The van der Waals surface area contributed by atoms with Crippen LogP contribution in [0.25, 0.3) is 0 Å². The maximum atomic E-state index is 12.6. The van der Waals surface area contributed by atoms with E-state index in [1.807, 2.05) is 9.80 Å². The molecule has 3 N–H and O–H groups in total. The molecule has 0 saturated carbocycles. The molecule has 0 aromatic rings. The molecule has 0 unspecified atom stereocenters. The summed E-state index contributed by atoms with van der Waals surface area (Å²) in [5.74, 6) is -0.216. The summed E-state index contributed by atoms with van der Waals surface area (Å²) in [5.41, 5.74) is 0. The molecule has 22 heteroatoms. The number of likely N-dealkylation sites (N-methyl/N-ethyl adjacent to an activating group) is 1. The number of carbonyl (C=O) groups excluding carboxylic acids is 6. The number of unbranched alkanes of at least 4 members (excludes halogenated alkanes) is 11. The molecule has 2 rings (SSSR count). The zero-order valence-electron chi connectivity index (χ0n) is 50.1. The van der Waals surface area contributed by atoms with Crippen LogP contribution in [0.5, 0.6) is 0 Å². The molecular weight excluding hydrogens is 1080 g/mol. The summed E-state index contributed by atoms with van der Waals surface area (Å²) in [6.45, 7) is 16.0. The van der Waals surface area contributed by atoms with Gasteiger partial charge in [-0.2, -0.15) is 0 Å². The molecule has 0 aromatic carbocycles. The van der Waals surface area contributed by atoms with Crippen LogP contribution in [0.3, 0.4) is 0 Å². The maximum Gasteiger partial charge on any atom is 0.307 e. The molecule has 2 aliphatic heterocycles. The Morgan fingerprint density at radius 3 is 1.22 bits per heavy atom. The number of aliphatic hydroxyl groups excluding tert-OH is 2. The van der Waals surface area contributed by atoms with E-state index in [1.165, 1.54) is 38.8 Å². The molecule has 2 saturated heterocycles. The molecule has 81 heavy (non-hydrogen) atoms. The first kappa shape index (κ1) is 74.3. The smallest absolute Gasteiger partial charge is 0.307 e. The van der Waals surface area contributed by atoms with E-state index in [4.69, 9.17) is 28.4 Å². The molecular formula is C59H110N6O14S2. The number of rotatable bonds is 55. The van der Waals surface area contributed by atoms with Crippen molar-refractivity contribution in [2.75, 3.05) is 176 Å². The average Bonchev–Trinajstić information content (AvgIpc) is 3.46. The zero-order chi connectivity index (χ0) is 58.5. The topological polar surface area (TPSA) is 226 Å². The van der Waals surface area contributed by atoms with Crippen LogP contribution < -0.4 is 5.32 Å². The normalized spacial score (nSPS) is 14.3. The maximum absolute atomic E-state index is 12.6. The molecule has 0 radical (unpaired) electrons. The Kier molecular flexibility index (Phi) is 49.4. The highest BCUT2D eigenvalue weighted by Gasteiger charge is 2.17. The van der Waals surface area contributed by atoms with E-state index in [9.17, 15) is 39.0 Å². The van der Waals surface area contributed by atoms with Crippen molar-refractivity contribution in [3.05, 3.63) is 0 Å². The lowest BCUT2D eigenvalue weighted by atomic mass is 10.1. The molecule has 472 valence electrons. The van der Waals surface area contributed by atoms with E-state index in [0.29, 0.717) is 129 Å². The van der Waals surface area contributed by atoms with E-state index >= 15 is 0 Å². The molecule has 2 heterocycles. The predicted molar refractivity (Wildman–Crippen MR) is 321 cm³/mol. The van der Waals surface area contributed by atoms with Crippen LogP contribution in [0, 0.1) is 0 Å². The first-order valence-electron chi connectivity index (χ1n) is 31.3. The molecule has 0 aliphatic carbocycles. The van der Waals surface area contributed by atoms with Gasteiger partial charge in [-0.1, -0.05) is 40.9 Å². The Balaban J connectivity index is 1.42. The second kappa shape index (κ2) is 53.9. The van der Waals surface area contributed by atoms with Crippen LogP contribution >= 0.6 is 21.6 Å². The van der Waals surface area contributed by atoms with Gasteiger partial charge in [0.05, 0.1) is 58.5 Å². The monoisotopic (exact) mass is 1190 g/mol. The second-order valence-corrected chi connectivity index (χ2v) is 24.1. The van der Waals surface area contributed by atoms with Crippen molar-refractivity contribution in [1.82, 2.24) is 29.8 Å². The number of piperazine rings is 1. The Morgan fingerprint density at radius 2 is 0.765 bits per heavy atom. The molecule has 0 bridgehead atoms. The van der Waals surface area contributed by atoms with Crippen molar-refractivity contribution in [3.63, 3.8) is 0 Å². The number of nitrogens with one attached hydrogen (secondary N) is 1. The van der Waals surface area contributed by atoms with Gasteiger partial charge < -0.3 is 68.5 Å². The number of hydrogen-bond acceptors (Lipinski definition) is 22. The Bertz CT molecular complexity index is 1580. The highest BCUT2D eigenvalue weighted by atomic mass is 33.1. The van der Waals surface area contributed by atoms with E-state index in [2.05, 4.69) is 27.1 Å². The molecule has 20 nitrogen and oxygen atoms in total. The number of piperidine rings is 1. The lowest BCUT2D eigenvalue weighted by Gasteiger charge is -2.32. The van der Waals surface area contributed by atoms with Gasteiger partial charge in [0.15, 0.2) is 0 Å². The fraction of sp³-hybridized carbons (Fsp3) is 0.898.